The van der Waals surface area contributed by atoms with Crippen LogP contribution in [0.15, 0.2) is 36.8 Å². The number of amides is 1. The second kappa shape index (κ2) is 8.28. The molecule has 1 saturated heterocycles. The molecule has 2 aromatic heterocycles. The highest BCUT2D eigenvalue weighted by molar-refractivity contribution is 6.34. The van der Waals surface area contributed by atoms with Gasteiger partial charge in [-0.1, -0.05) is 29.8 Å². The first-order valence-corrected chi connectivity index (χ1v) is 11.3. The van der Waals surface area contributed by atoms with Crippen LogP contribution in [-0.2, 0) is 4.74 Å². The third-order valence-corrected chi connectivity index (χ3v) is 6.34. The van der Waals surface area contributed by atoms with E-state index in [1.807, 2.05) is 62.6 Å². The van der Waals surface area contributed by atoms with E-state index in [0.29, 0.717) is 5.02 Å². The van der Waals surface area contributed by atoms with Crippen molar-refractivity contribution < 1.29 is 9.53 Å². The molecule has 0 aliphatic carbocycles. The zero-order chi connectivity index (χ0) is 23.1. The molecule has 170 valence electrons. The number of carbonyl (C=O) groups excluding carboxylic acids is 1. The molecule has 1 amide bonds. The maximum atomic E-state index is 12.3. The van der Waals surface area contributed by atoms with E-state index < -0.39 is 5.60 Å². The Hall–Kier alpha value is -2.80. The summed E-state index contributed by atoms with van der Waals surface area (Å²) >= 11 is 6.57. The lowest BCUT2D eigenvalue weighted by Gasteiger charge is -2.40. The van der Waals surface area contributed by atoms with E-state index in [0.717, 1.165) is 54.2 Å². The monoisotopic (exact) mass is 455 g/mol. The summed E-state index contributed by atoms with van der Waals surface area (Å²) in [4.78, 5) is 23.8. The molecule has 0 radical (unpaired) electrons. The van der Waals surface area contributed by atoms with Crippen LogP contribution < -0.4 is 10.2 Å². The largest absolute Gasteiger partial charge is 0.444 e. The third-order valence-electron chi connectivity index (χ3n) is 5.84. The number of aromatic nitrogens is 3. The van der Waals surface area contributed by atoms with Crippen LogP contribution in [-0.4, -0.2) is 44.7 Å². The number of benzene rings is 1. The second-order valence-electron chi connectivity index (χ2n) is 9.70. The topological polar surface area (TPSA) is 71.8 Å². The predicted molar refractivity (Wildman–Crippen MR) is 127 cm³/mol. The molecule has 0 saturated carbocycles. The Morgan fingerprint density at radius 2 is 1.91 bits per heavy atom. The van der Waals surface area contributed by atoms with E-state index in [2.05, 4.69) is 27.1 Å². The van der Waals surface area contributed by atoms with Crippen molar-refractivity contribution in [2.75, 3.05) is 18.0 Å². The van der Waals surface area contributed by atoms with Gasteiger partial charge in [0.1, 0.15) is 11.9 Å². The van der Waals surface area contributed by atoms with Crippen LogP contribution in [0.3, 0.4) is 0 Å². The quantitative estimate of drug-likeness (QED) is 0.584. The first-order valence-electron chi connectivity index (χ1n) is 10.9. The molecule has 3 heterocycles. The predicted octanol–water partition coefficient (Wildman–Crippen LogP) is 5.24. The van der Waals surface area contributed by atoms with Gasteiger partial charge in [-0.05, 0) is 59.1 Å². The van der Waals surface area contributed by atoms with E-state index in [9.17, 15) is 4.79 Å². The van der Waals surface area contributed by atoms with Gasteiger partial charge in [-0.25, -0.2) is 14.8 Å². The highest BCUT2D eigenvalue weighted by atomic mass is 35.5. The summed E-state index contributed by atoms with van der Waals surface area (Å²) in [5, 5.41) is 3.77. The van der Waals surface area contributed by atoms with E-state index in [1.165, 1.54) is 0 Å². The second-order valence-corrected chi connectivity index (χ2v) is 10.1. The fourth-order valence-corrected chi connectivity index (χ4v) is 4.28. The molecule has 0 unspecified atom stereocenters. The number of fused-ring (bicyclic) bond motifs is 1. The number of nitrogens with zero attached hydrogens (tertiary/aromatic N) is 4. The fraction of sp³-hybridized carbons (Fsp3) is 0.458. The Balaban J connectivity index is 1.54. The molecule has 32 heavy (non-hydrogen) atoms. The van der Waals surface area contributed by atoms with Gasteiger partial charge in [0.15, 0.2) is 0 Å². The minimum Gasteiger partial charge on any atom is -0.444 e. The molecule has 1 aliphatic rings. The lowest BCUT2D eigenvalue weighted by molar-refractivity contribution is 0.0448. The molecule has 0 bridgehead atoms. The van der Waals surface area contributed by atoms with Crippen LogP contribution in [0.4, 0.5) is 10.7 Å². The molecule has 1 N–H and O–H groups in total. The van der Waals surface area contributed by atoms with E-state index in [-0.39, 0.29) is 11.6 Å². The number of nitrogens with one attached hydrogen (secondary N) is 1. The molecular formula is C24H30ClN5O2. The van der Waals surface area contributed by atoms with Gasteiger partial charge < -0.3 is 15.0 Å². The number of piperidine rings is 1. The van der Waals surface area contributed by atoms with Crippen molar-refractivity contribution in [3.05, 3.63) is 47.4 Å². The Bertz CT molecular complexity index is 1140. The molecule has 3 aromatic rings. The van der Waals surface area contributed by atoms with E-state index >= 15 is 0 Å². The van der Waals surface area contributed by atoms with Crippen LogP contribution in [0.5, 0.6) is 0 Å². The zero-order valence-electron chi connectivity index (χ0n) is 19.3. The average Bonchev–Trinajstić information content (AvgIpc) is 3.13. The van der Waals surface area contributed by atoms with Crippen LogP contribution in [0.25, 0.3) is 16.8 Å². The number of alkyl carbamates (subject to hydrolysis) is 1. The Labute approximate surface area is 193 Å². The number of carbonyl (C=O) groups is 1. The van der Waals surface area contributed by atoms with Crippen molar-refractivity contribution in [3.63, 3.8) is 0 Å². The van der Waals surface area contributed by atoms with Crippen molar-refractivity contribution in [2.24, 2.45) is 0 Å². The summed E-state index contributed by atoms with van der Waals surface area (Å²) in [6.45, 7) is 11.2. The smallest absolute Gasteiger partial charge is 0.408 e. The number of aryl methyl sites for hydroxylation is 1. The summed E-state index contributed by atoms with van der Waals surface area (Å²) in [5.41, 5.74) is 2.91. The number of rotatable bonds is 3. The van der Waals surface area contributed by atoms with Gasteiger partial charge in [0, 0.05) is 30.4 Å². The minimum absolute atomic E-state index is 0.318. The summed E-state index contributed by atoms with van der Waals surface area (Å²) in [7, 11) is 0. The fourth-order valence-electron chi connectivity index (χ4n) is 4.06. The van der Waals surface area contributed by atoms with Gasteiger partial charge in [0.05, 0.1) is 16.2 Å². The van der Waals surface area contributed by atoms with Crippen LogP contribution in [0.1, 0.15) is 46.1 Å². The molecular weight excluding hydrogens is 426 g/mol. The number of hydrogen-bond donors (Lipinski definition) is 1. The summed E-state index contributed by atoms with van der Waals surface area (Å²) in [6.07, 6.45) is 4.82. The number of hydrogen-bond acceptors (Lipinski definition) is 5. The molecule has 1 aromatic carbocycles. The molecule has 4 rings (SSSR count). The van der Waals surface area contributed by atoms with Gasteiger partial charge >= 0.3 is 6.09 Å². The maximum absolute atomic E-state index is 12.3. The average molecular weight is 456 g/mol. The highest BCUT2D eigenvalue weighted by Gasteiger charge is 2.34. The van der Waals surface area contributed by atoms with Gasteiger partial charge in [-0.3, -0.25) is 4.40 Å². The number of ether oxygens (including phenoxy) is 1. The van der Waals surface area contributed by atoms with E-state index in [4.69, 9.17) is 16.3 Å². The lowest BCUT2D eigenvalue weighted by atomic mass is 9.90. The van der Waals surface area contributed by atoms with Gasteiger partial charge in [0.25, 0.3) is 0 Å². The van der Waals surface area contributed by atoms with Crippen molar-refractivity contribution in [1.82, 2.24) is 19.7 Å². The molecule has 8 heteroatoms. The van der Waals surface area contributed by atoms with Crippen LogP contribution in [0, 0.1) is 6.92 Å². The number of anilines is 1. The Morgan fingerprint density at radius 3 is 2.59 bits per heavy atom. The molecule has 7 nitrogen and oxygen atoms in total. The normalized spacial score (nSPS) is 16.2. The molecule has 0 atom stereocenters. The number of imidazole rings is 1. The first kappa shape index (κ1) is 22.4. The van der Waals surface area contributed by atoms with Crippen molar-refractivity contribution in [1.29, 1.82) is 0 Å². The standard InChI is InChI=1S/C24H30ClN5O2/c1-16-7-6-8-17(19(16)25)20-18-9-12-26-21(30(18)15-27-20)29-13-10-24(5,11-14-29)28-22(31)32-23(2,3)4/h6-9,12,15H,10-11,13-14H2,1-5H3,(H,28,31). The first-order chi connectivity index (χ1) is 15.1. The SMILES string of the molecule is Cc1cccc(-c2ncn3c(N4CCC(C)(NC(=O)OC(C)(C)C)CC4)nccc23)c1Cl. The third kappa shape index (κ3) is 4.53. The maximum Gasteiger partial charge on any atom is 0.408 e. The Kier molecular flexibility index (Phi) is 5.79. The van der Waals surface area contributed by atoms with Gasteiger partial charge in [0.2, 0.25) is 5.95 Å². The molecule has 1 fully saturated rings. The van der Waals surface area contributed by atoms with E-state index in [1.54, 1.807) is 6.33 Å². The summed E-state index contributed by atoms with van der Waals surface area (Å²) in [5.74, 6) is 0.837. The van der Waals surface area contributed by atoms with Crippen molar-refractivity contribution >= 4 is 29.2 Å². The van der Waals surface area contributed by atoms with Crippen LogP contribution >= 0.6 is 11.6 Å². The van der Waals surface area contributed by atoms with Crippen molar-refractivity contribution in [2.45, 2.75) is 58.6 Å². The Morgan fingerprint density at radius 1 is 1.19 bits per heavy atom. The van der Waals surface area contributed by atoms with Crippen molar-refractivity contribution in [3.8, 4) is 11.3 Å². The highest BCUT2D eigenvalue weighted by Crippen LogP contribution is 2.33. The molecule has 1 aliphatic heterocycles. The molecule has 0 spiro atoms. The van der Waals surface area contributed by atoms with Crippen LogP contribution in [0.2, 0.25) is 5.02 Å². The van der Waals surface area contributed by atoms with Gasteiger partial charge in [-0.2, -0.15) is 0 Å². The lowest BCUT2D eigenvalue weighted by Crippen LogP contribution is -2.54. The summed E-state index contributed by atoms with van der Waals surface area (Å²) < 4.78 is 7.45. The van der Waals surface area contributed by atoms with Gasteiger partial charge in [-0.15, -0.1) is 0 Å². The number of halogens is 1. The summed E-state index contributed by atoms with van der Waals surface area (Å²) in [6, 6.07) is 7.94. The minimum atomic E-state index is -0.514. The zero-order valence-corrected chi connectivity index (χ0v) is 20.0.